The van der Waals surface area contributed by atoms with Gasteiger partial charge in [-0.2, -0.15) is 0 Å². The van der Waals surface area contributed by atoms with E-state index in [1.807, 2.05) is 12.2 Å². The van der Waals surface area contributed by atoms with E-state index < -0.39 is 12.1 Å². The number of aliphatic hydroxyl groups excluding tert-OH is 2. The third-order valence-corrected chi connectivity index (χ3v) is 8.32. The monoisotopic (exact) mass is 628 g/mol. The van der Waals surface area contributed by atoms with Crippen LogP contribution in [0.4, 0.5) is 0 Å². The summed E-state index contributed by atoms with van der Waals surface area (Å²) in [6.45, 7) is 4.19. The highest BCUT2D eigenvalue weighted by atomic mass is 16.3. The van der Waals surface area contributed by atoms with Crippen molar-refractivity contribution in [2.45, 2.75) is 187 Å². The van der Waals surface area contributed by atoms with Crippen LogP contribution in [0.5, 0.6) is 0 Å². The molecule has 3 N–H and O–H groups in total. The van der Waals surface area contributed by atoms with E-state index in [9.17, 15) is 15.0 Å². The van der Waals surface area contributed by atoms with E-state index in [-0.39, 0.29) is 18.9 Å². The Morgan fingerprint density at radius 1 is 0.533 bits per heavy atom. The lowest BCUT2D eigenvalue weighted by Gasteiger charge is -2.22. The molecule has 0 aliphatic carbocycles. The van der Waals surface area contributed by atoms with Gasteiger partial charge in [0.2, 0.25) is 5.91 Å². The summed E-state index contributed by atoms with van der Waals surface area (Å²) in [5.74, 6) is -0.160. The van der Waals surface area contributed by atoms with Crippen molar-refractivity contribution >= 4 is 5.91 Å². The third-order valence-electron chi connectivity index (χ3n) is 8.32. The molecule has 0 bridgehead atoms. The van der Waals surface area contributed by atoms with Gasteiger partial charge in [-0.15, -0.1) is 0 Å². The summed E-state index contributed by atoms with van der Waals surface area (Å²) in [5, 5.41) is 23.0. The molecule has 0 aromatic heterocycles. The minimum atomic E-state index is -0.701. The first-order chi connectivity index (χ1) is 22.2. The van der Waals surface area contributed by atoms with Crippen LogP contribution in [-0.2, 0) is 4.79 Å². The summed E-state index contributed by atoms with van der Waals surface area (Å²) in [7, 11) is 0. The van der Waals surface area contributed by atoms with Gasteiger partial charge in [-0.05, 0) is 38.5 Å². The van der Waals surface area contributed by atoms with Crippen molar-refractivity contribution in [2.24, 2.45) is 0 Å². The number of hydrogen-bond donors (Lipinski definition) is 3. The summed E-state index contributed by atoms with van der Waals surface area (Å²) in [4.78, 5) is 12.3. The zero-order chi connectivity index (χ0) is 32.9. The maximum absolute atomic E-state index is 12.3. The van der Waals surface area contributed by atoms with Crippen LogP contribution in [0, 0.1) is 0 Å². The Morgan fingerprint density at radius 2 is 0.889 bits per heavy atom. The molecular weight excluding hydrogens is 554 g/mol. The van der Waals surface area contributed by atoms with Gasteiger partial charge in [0.25, 0.3) is 0 Å². The molecule has 0 aromatic rings. The molecule has 0 heterocycles. The normalized spacial score (nSPS) is 13.8. The average Bonchev–Trinajstić information content (AvgIpc) is 3.04. The van der Waals surface area contributed by atoms with E-state index in [4.69, 9.17) is 0 Å². The highest BCUT2D eigenvalue weighted by molar-refractivity contribution is 5.77. The number of hydrogen-bond acceptors (Lipinski definition) is 3. The molecule has 4 nitrogen and oxygen atoms in total. The Labute approximate surface area is 279 Å². The lowest BCUT2D eigenvalue weighted by molar-refractivity contribution is -0.122. The number of allylic oxidation sites excluding steroid dienone is 9. The molecule has 0 spiro atoms. The van der Waals surface area contributed by atoms with Gasteiger partial charge in [-0.3, -0.25) is 4.79 Å². The molecule has 45 heavy (non-hydrogen) atoms. The Hall–Kier alpha value is -1.91. The number of carbonyl (C=O) groups excluding carboxylic acids is 1. The second-order valence-corrected chi connectivity index (χ2v) is 12.6. The molecule has 4 heteroatoms. The number of amides is 1. The number of unbranched alkanes of at least 4 members (excludes halogenated alkanes) is 17. The van der Waals surface area contributed by atoms with Crippen LogP contribution < -0.4 is 5.32 Å². The zero-order valence-electron chi connectivity index (χ0n) is 29.6. The highest BCUT2D eigenvalue weighted by Gasteiger charge is 2.19. The van der Waals surface area contributed by atoms with E-state index in [0.717, 1.165) is 44.9 Å². The third kappa shape index (κ3) is 33.3. The van der Waals surface area contributed by atoms with Gasteiger partial charge in [0.1, 0.15) is 0 Å². The number of carbonyl (C=O) groups is 1. The second-order valence-electron chi connectivity index (χ2n) is 12.6. The van der Waals surface area contributed by atoms with Gasteiger partial charge < -0.3 is 15.5 Å². The smallest absolute Gasteiger partial charge is 0.224 e. The number of aliphatic hydroxyl groups is 2. The fourth-order valence-corrected chi connectivity index (χ4v) is 5.43. The van der Waals surface area contributed by atoms with E-state index in [0.29, 0.717) is 6.42 Å². The lowest BCUT2D eigenvalue weighted by Crippen LogP contribution is -2.45. The van der Waals surface area contributed by atoms with Gasteiger partial charge in [0, 0.05) is 6.42 Å². The molecule has 1 amide bonds. The van der Waals surface area contributed by atoms with Crippen LogP contribution in [0.25, 0.3) is 0 Å². The predicted molar refractivity (Wildman–Crippen MR) is 197 cm³/mol. The highest BCUT2D eigenvalue weighted by Crippen LogP contribution is 2.15. The number of nitrogens with one attached hydrogen (secondary N) is 1. The minimum absolute atomic E-state index is 0.160. The molecule has 0 saturated heterocycles. The van der Waals surface area contributed by atoms with Gasteiger partial charge in [-0.1, -0.05) is 190 Å². The topological polar surface area (TPSA) is 69.6 Å². The van der Waals surface area contributed by atoms with Crippen LogP contribution in [-0.4, -0.2) is 34.9 Å². The number of rotatable bonds is 33. The van der Waals surface area contributed by atoms with Crippen LogP contribution in [0.15, 0.2) is 60.8 Å². The van der Waals surface area contributed by atoms with Crippen molar-refractivity contribution < 1.29 is 15.0 Å². The summed E-state index contributed by atoms with van der Waals surface area (Å²) in [6.07, 6.45) is 50.2. The molecule has 2 unspecified atom stereocenters. The quantitative estimate of drug-likeness (QED) is 0.0501. The summed E-state index contributed by atoms with van der Waals surface area (Å²) in [6, 6.07) is -0.592. The Kier molecular flexibility index (Phi) is 35.0. The fourth-order valence-electron chi connectivity index (χ4n) is 5.43. The molecule has 0 fully saturated rings. The summed E-state index contributed by atoms with van der Waals surface area (Å²) >= 11 is 0. The molecule has 0 radical (unpaired) electrons. The van der Waals surface area contributed by atoms with Crippen molar-refractivity contribution in [1.82, 2.24) is 5.32 Å². The summed E-state index contributed by atoms with van der Waals surface area (Å²) in [5.41, 5.74) is 0. The maximum Gasteiger partial charge on any atom is 0.224 e. The Balaban J connectivity index is 3.69. The van der Waals surface area contributed by atoms with Gasteiger partial charge in [0.05, 0.1) is 18.8 Å². The van der Waals surface area contributed by atoms with Crippen molar-refractivity contribution in [3.63, 3.8) is 0 Å². The van der Waals surface area contributed by atoms with Crippen molar-refractivity contribution in [3.8, 4) is 0 Å². The molecule has 0 aliphatic rings. The van der Waals surface area contributed by atoms with Gasteiger partial charge in [-0.25, -0.2) is 0 Å². The average molecular weight is 628 g/mol. The minimum Gasteiger partial charge on any atom is -0.394 e. The van der Waals surface area contributed by atoms with E-state index in [1.54, 1.807) is 0 Å². The van der Waals surface area contributed by atoms with Crippen molar-refractivity contribution in [1.29, 1.82) is 0 Å². The fraction of sp³-hybridized carbons (Fsp3) is 0.732. The molecule has 0 saturated carbocycles. The molecule has 0 aromatic carbocycles. The Bertz CT molecular complexity index is 767. The standard InChI is InChI=1S/C41H73NO3/c1-3-5-7-9-11-13-15-17-19-20-21-23-24-26-28-30-32-34-36-40(44)39(38-43)42-41(45)37-35-33-31-29-27-25-22-18-16-14-12-10-8-6-4-2/h6,8,12,14,18,22,27,29,33,35,39-40,43-44H,3-5,7,9-11,13,15-17,19-21,23-26,28,30-32,34,36-38H2,1-2H3,(H,42,45)/b8-6-,14-12-,22-18-,29-27-,35-33-. The maximum atomic E-state index is 12.3. The molecule has 0 rings (SSSR count). The van der Waals surface area contributed by atoms with Crippen LogP contribution in [0.3, 0.4) is 0 Å². The zero-order valence-corrected chi connectivity index (χ0v) is 29.6. The van der Waals surface area contributed by atoms with Gasteiger partial charge >= 0.3 is 0 Å². The second kappa shape index (κ2) is 36.6. The van der Waals surface area contributed by atoms with Crippen LogP contribution >= 0.6 is 0 Å². The van der Waals surface area contributed by atoms with E-state index in [1.165, 1.54) is 103 Å². The van der Waals surface area contributed by atoms with Crippen LogP contribution in [0.1, 0.15) is 174 Å². The predicted octanol–water partition coefficient (Wildman–Crippen LogP) is 11.4. The van der Waals surface area contributed by atoms with Crippen molar-refractivity contribution in [2.75, 3.05) is 6.61 Å². The van der Waals surface area contributed by atoms with E-state index >= 15 is 0 Å². The lowest BCUT2D eigenvalue weighted by atomic mass is 10.0. The largest absolute Gasteiger partial charge is 0.394 e. The first-order valence-electron chi connectivity index (χ1n) is 19.0. The molecule has 260 valence electrons. The first kappa shape index (κ1) is 43.1. The molecule has 2 atom stereocenters. The van der Waals surface area contributed by atoms with Crippen LogP contribution in [0.2, 0.25) is 0 Å². The summed E-state index contributed by atoms with van der Waals surface area (Å²) < 4.78 is 0. The first-order valence-corrected chi connectivity index (χ1v) is 19.0. The SMILES string of the molecule is CC/C=C\C/C=C\C/C=C\C/C=C\C/C=C\CC(=O)NC(CO)C(O)CCCCCCCCCCCCCCCCCCCC. The van der Waals surface area contributed by atoms with Crippen molar-refractivity contribution in [3.05, 3.63) is 60.8 Å². The van der Waals surface area contributed by atoms with Gasteiger partial charge in [0.15, 0.2) is 0 Å². The molecular formula is C41H73NO3. The molecule has 0 aliphatic heterocycles. The van der Waals surface area contributed by atoms with E-state index in [2.05, 4.69) is 67.8 Å². The Morgan fingerprint density at radius 3 is 1.27 bits per heavy atom.